The summed E-state index contributed by atoms with van der Waals surface area (Å²) in [6.07, 6.45) is 68.5. The SMILES string of the molecule is CCCCCCCCCCCCCCCCCCCCCCCCCCCC/C=C/CC/C=C/C(O)C(COC1OC(CO)C(OC2OC(CO)C(O)C(O)C2O)C(O)C1O)NC(=O)CCCCCCCCCCCCCCCCCCCCCCCCCCCCCCC. The summed E-state index contributed by atoms with van der Waals surface area (Å²) in [5.41, 5.74) is 0. The second-order valence-corrected chi connectivity index (χ2v) is 29.3. The fourth-order valence-electron chi connectivity index (χ4n) is 13.9. The van der Waals surface area contributed by atoms with Crippen LogP contribution in [0.15, 0.2) is 24.3 Å². The molecule has 14 nitrogen and oxygen atoms in total. The molecular weight excluding hydrogens is 1190 g/mol. The summed E-state index contributed by atoms with van der Waals surface area (Å²) in [4.78, 5) is 13.4. The third-order valence-corrected chi connectivity index (χ3v) is 20.4. The van der Waals surface area contributed by atoms with Crippen molar-refractivity contribution in [1.29, 1.82) is 0 Å². The summed E-state index contributed by atoms with van der Waals surface area (Å²) in [6.45, 7) is 2.86. The zero-order valence-electron chi connectivity index (χ0n) is 61.7. The van der Waals surface area contributed by atoms with Crippen molar-refractivity contribution in [1.82, 2.24) is 5.32 Å². The normalized spacial score (nSPS) is 22.4. The van der Waals surface area contributed by atoms with Crippen molar-refractivity contribution >= 4 is 5.91 Å². The number of carbonyl (C=O) groups excluding carboxylic acids is 1. The summed E-state index contributed by atoms with van der Waals surface area (Å²) in [5.74, 6) is -0.239. The van der Waals surface area contributed by atoms with Gasteiger partial charge in [0.05, 0.1) is 32.0 Å². The lowest BCUT2D eigenvalue weighted by atomic mass is 9.97. The van der Waals surface area contributed by atoms with Crippen molar-refractivity contribution in [2.45, 2.75) is 466 Å². The maximum absolute atomic E-state index is 13.4. The van der Waals surface area contributed by atoms with Gasteiger partial charge in [-0.15, -0.1) is 0 Å². The Kier molecular flexibility index (Phi) is 62.0. The fraction of sp³-hybridized carbons (Fsp3) is 0.938. The van der Waals surface area contributed by atoms with Crippen LogP contribution in [0.1, 0.15) is 393 Å². The van der Waals surface area contributed by atoms with Gasteiger partial charge in [0.25, 0.3) is 0 Å². The monoisotopic (exact) mass is 1350 g/mol. The minimum Gasteiger partial charge on any atom is -0.394 e. The number of ether oxygens (including phenoxy) is 4. The Morgan fingerprint density at radius 3 is 1.03 bits per heavy atom. The average Bonchev–Trinajstić information content (AvgIpc) is 0.934. The van der Waals surface area contributed by atoms with Gasteiger partial charge in [-0.2, -0.15) is 0 Å². The second kappa shape index (κ2) is 65.8. The molecule has 2 fully saturated rings. The third kappa shape index (κ3) is 48.9. The first kappa shape index (κ1) is 89.6. The summed E-state index contributed by atoms with van der Waals surface area (Å²) in [6, 6.07) is -0.931. The highest BCUT2D eigenvalue weighted by atomic mass is 16.7. The maximum atomic E-state index is 13.4. The minimum atomic E-state index is -1.79. The summed E-state index contributed by atoms with van der Waals surface area (Å²) in [5, 5.41) is 87.7. The number of aliphatic hydroxyl groups is 8. The number of hydrogen-bond acceptors (Lipinski definition) is 13. The summed E-state index contributed by atoms with van der Waals surface area (Å²) < 4.78 is 22.9. The molecule has 0 aliphatic carbocycles. The van der Waals surface area contributed by atoms with Crippen LogP contribution in [0, 0.1) is 0 Å². The van der Waals surface area contributed by atoms with Crippen LogP contribution < -0.4 is 5.32 Å². The molecule has 2 aliphatic rings. The van der Waals surface area contributed by atoms with E-state index in [0.29, 0.717) is 12.8 Å². The van der Waals surface area contributed by atoms with Crippen LogP contribution in [0.5, 0.6) is 0 Å². The van der Waals surface area contributed by atoms with Gasteiger partial charge in [0.1, 0.15) is 48.8 Å². The number of aliphatic hydroxyl groups excluding tert-OH is 8. The number of rotatable bonds is 70. The van der Waals surface area contributed by atoms with Crippen LogP contribution in [0.2, 0.25) is 0 Å². The molecule has 1 amide bonds. The van der Waals surface area contributed by atoms with E-state index in [9.17, 15) is 45.6 Å². The van der Waals surface area contributed by atoms with Crippen molar-refractivity contribution in [3.63, 3.8) is 0 Å². The molecule has 0 aromatic heterocycles. The molecule has 95 heavy (non-hydrogen) atoms. The third-order valence-electron chi connectivity index (χ3n) is 20.4. The Morgan fingerprint density at radius 2 is 0.674 bits per heavy atom. The zero-order chi connectivity index (χ0) is 68.7. The molecule has 2 aliphatic heterocycles. The lowest BCUT2D eigenvalue weighted by molar-refractivity contribution is -0.359. The van der Waals surface area contributed by atoms with Crippen LogP contribution in [0.25, 0.3) is 0 Å². The Hall–Kier alpha value is -1.53. The first-order chi connectivity index (χ1) is 46.6. The van der Waals surface area contributed by atoms with E-state index in [1.54, 1.807) is 6.08 Å². The number of nitrogens with one attached hydrogen (secondary N) is 1. The molecule has 9 N–H and O–H groups in total. The van der Waals surface area contributed by atoms with E-state index >= 15 is 0 Å². The van der Waals surface area contributed by atoms with Gasteiger partial charge in [0.2, 0.25) is 5.91 Å². The van der Waals surface area contributed by atoms with Gasteiger partial charge in [-0.25, -0.2) is 0 Å². The van der Waals surface area contributed by atoms with Crippen molar-refractivity contribution in [2.75, 3.05) is 19.8 Å². The number of allylic oxidation sites excluding steroid dienone is 3. The largest absolute Gasteiger partial charge is 0.394 e. The number of hydrogen-bond donors (Lipinski definition) is 9. The molecule has 0 spiro atoms. The Labute approximate surface area is 583 Å². The van der Waals surface area contributed by atoms with Gasteiger partial charge in [-0.1, -0.05) is 378 Å². The second-order valence-electron chi connectivity index (χ2n) is 29.3. The molecule has 2 rings (SSSR count). The highest BCUT2D eigenvalue weighted by Gasteiger charge is 2.51. The Bertz CT molecular complexity index is 1690. The molecule has 12 atom stereocenters. The predicted octanol–water partition coefficient (Wildman–Crippen LogP) is 18.6. The first-order valence-electron chi connectivity index (χ1n) is 41.1. The molecule has 0 bridgehead atoms. The molecule has 0 saturated carbocycles. The number of amides is 1. The quantitative estimate of drug-likeness (QED) is 0.0204. The Balaban J connectivity index is 1.62. The van der Waals surface area contributed by atoms with Crippen molar-refractivity contribution in [3.8, 4) is 0 Å². The molecule has 14 heteroatoms. The van der Waals surface area contributed by atoms with E-state index in [4.69, 9.17) is 18.9 Å². The van der Waals surface area contributed by atoms with Crippen LogP contribution in [-0.2, 0) is 23.7 Å². The molecule has 0 aromatic carbocycles. The number of carbonyl (C=O) groups is 1. The fourth-order valence-corrected chi connectivity index (χ4v) is 13.9. The van der Waals surface area contributed by atoms with Gasteiger partial charge in [-0.05, 0) is 32.1 Å². The molecular formula is C81H155NO13. The molecule has 562 valence electrons. The summed E-state index contributed by atoms with van der Waals surface area (Å²) in [7, 11) is 0. The smallest absolute Gasteiger partial charge is 0.220 e. The molecule has 12 unspecified atom stereocenters. The minimum absolute atomic E-state index is 0.239. The van der Waals surface area contributed by atoms with E-state index in [0.717, 1.165) is 32.1 Å². The molecule has 2 saturated heterocycles. The average molecular weight is 1350 g/mol. The van der Waals surface area contributed by atoms with Gasteiger partial charge in [-0.3, -0.25) is 4.79 Å². The van der Waals surface area contributed by atoms with Crippen LogP contribution >= 0.6 is 0 Å². The van der Waals surface area contributed by atoms with E-state index in [-0.39, 0.29) is 18.9 Å². The number of unbranched alkanes of at least 4 members (excludes halogenated alkanes) is 55. The molecule has 0 aromatic rings. The summed E-state index contributed by atoms with van der Waals surface area (Å²) >= 11 is 0. The topological polar surface area (TPSA) is 228 Å². The van der Waals surface area contributed by atoms with E-state index < -0.39 is 86.8 Å². The van der Waals surface area contributed by atoms with Crippen molar-refractivity contribution in [3.05, 3.63) is 24.3 Å². The highest BCUT2D eigenvalue weighted by molar-refractivity contribution is 5.76. The van der Waals surface area contributed by atoms with E-state index in [1.807, 2.05) is 6.08 Å². The predicted molar refractivity (Wildman–Crippen MR) is 392 cm³/mol. The maximum Gasteiger partial charge on any atom is 0.220 e. The lowest BCUT2D eigenvalue weighted by Crippen LogP contribution is -2.65. The van der Waals surface area contributed by atoms with E-state index in [1.165, 1.54) is 327 Å². The van der Waals surface area contributed by atoms with Gasteiger partial charge < -0.3 is 65.1 Å². The van der Waals surface area contributed by atoms with Gasteiger partial charge >= 0.3 is 0 Å². The Morgan fingerprint density at radius 1 is 0.368 bits per heavy atom. The zero-order valence-corrected chi connectivity index (χ0v) is 61.7. The molecule has 2 heterocycles. The van der Waals surface area contributed by atoms with Crippen LogP contribution in [0.3, 0.4) is 0 Å². The van der Waals surface area contributed by atoms with E-state index in [2.05, 4.69) is 31.3 Å². The standard InChI is InChI=1S/C81H155NO13/c1-3-5-7-9-11-13-15-17-19-21-23-25-27-29-31-33-34-35-37-38-40-42-44-46-48-50-52-54-56-58-60-62-64-70(85)69(68-92-80-78(91)76(89)79(72(67-84)94-80)95-81-77(90)75(88)74(87)71(66-83)93-81)82-73(86)65-63-61-59-57-55-53-51-49-47-45-43-41-39-36-32-30-28-26-24-22-20-18-16-14-12-10-8-6-4-2/h54,56,62,64,69-72,74-81,83-85,87-91H,3-53,55,57-61,63,65-68H2,1-2H3,(H,82,86)/b56-54+,64-62+. The van der Waals surface area contributed by atoms with Crippen LogP contribution in [-0.4, -0.2) is 140 Å². The van der Waals surface area contributed by atoms with Crippen molar-refractivity contribution < 1.29 is 64.6 Å². The lowest BCUT2D eigenvalue weighted by Gasteiger charge is -2.46. The van der Waals surface area contributed by atoms with Gasteiger partial charge in [0, 0.05) is 6.42 Å². The first-order valence-corrected chi connectivity index (χ1v) is 41.1. The van der Waals surface area contributed by atoms with Gasteiger partial charge in [0.15, 0.2) is 12.6 Å². The highest BCUT2D eigenvalue weighted by Crippen LogP contribution is 2.30. The van der Waals surface area contributed by atoms with Crippen LogP contribution in [0.4, 0.5) is 0 Å². The molecule has 0 radical (unpaired) electrons. The van der Waals surface area contributed by atoms with Crippen molar-refractivity contribution in [2.24, 2.45) is 0 Å².